The van der Waals surface area contributed by atoms with Gasteiger partial charge in [0.1, 0.15) is 0 Å². The van der Waals surface area contributed by atoms with Gasteiger partial charge in [0.25, 0.3) is 0 Å². The van der Waals surface area contributed by atoms with Gasteiger partial charge in [-0.2, -0.15) is 13.2 Å². The molecule has 5 nitrogen and oxygen atoms in total. The zero-order chi connectivity index (χ0) is 19.7. The molecule has 0 aromatic heterocycles. The van der Waals surface area contributed by atoms with Crippen molar-refractivity contribution in [1.82, 2.24) is 15.5 Å². The van der Waals surface area contributed by atoms with E-state index in [1.165, 1.54) is 12.1 Å². The zero-order valence-electron chi connectivity index (χ0n) is 16.0. The Morgan fingerprint density at radius 3 is 2.44 bits per heavy atom. The van der Waals surface area contributed by atoms with Gasteiger partial charge in [-0.25, -0.2) is 0 Å². The Morgan fingerprint density at radius 1 is 1.19 bits per heavy atom. The molecule has 2 rings (SSSR count). The Balaban J connectivity index is 1.67. The van der Waals surface area contributed by atoms with Gasteiger partial charge in [-0.3, -0.25) is 9.89 Å². The maximum atomic E-state index is 12.6. The third-order valence-electron chi connectivity index (χ3n) is 4.50. The number of morpholine rings is 1. The molecule has 1 aliphatic heterocycles. The SMILES string of the molecule is CN=C(NCCc1ccc(C(F)(F)F)cc1)NCC(C)CN1CCOCC1. The van der Waals surface area contributed by atoms with Crippen molar-refractivity contribution < 1.29 is 17.9 Å². The van der Waals surface area contributed by atoms with E-state index in [9.17, 15) is 13.2 Å². The van der Waals surface area contributed by atoms with Gasteiger partial charge in [-0.15, -0.1) is 0 Å². The quantitative estimate of drug-likeness (QED) is 0.558. The van der Waals surface area contributed by atoms with E-state index in [1.807, 2.05) is 0 Å². The minimum atomic E-state index is -4.29. The van der Waals surface area contributed by atoms with E-state index in [0.717, 1.165) is 57.1 Å². The number of nitrogens with zero attached hydrogens (tertiary/aromatic N) is 2. The van der Waals surface area contributed by atoms with Crippen LogP contribution in [0, 0.1) is 5.92 Å². The van der Waals surface area contributed by atoms with Crippen LogP contribution in [0.5, 0.6) is 0 Å². The Labute approximate surface area is 159 Å². The first kappa shape index (κ1) is 21.5. The fourth-order valence-corrected chi connectivity index (χ4v) is 2.97. The maximum Gasteiger partial charge on any atom is 0.416 e. The molecule has 1 heterocycles. The van der Waals surface area contributed by atoms with Crippen molar-refractivity contribution in [1.29, 1.82) is 0 Å². The summed E-state index contributed by atoms with van der Waals surface area (Å²) in [4.78, 5) is 6.60. The summed E-state index contributed by atoms with van der Waals surface area (Å²) in [5.74, 6) is 1.17. The van der Waals surface area contributed by atoms with Crippen LogP contribution in [0.15, 0.2) is 29.3 Å². The summed E-state index contributed by atoms with van der Waals surface area (Å²) >= 11 is 0. The third-order valence-corrected chi connectivity index (χ3v) is 4.50. The average molecular weight is 386 g/mol. The largest absolute Gasteiger partial charge is 0.416 e. The van der Waals surface area contributed by atoms with Crippen molar-refractivity contribution in [2.75, 3.05) is 53.0 Å². The lowest BCUT2D eigenvalue weighted by atomic mass is 10.1. The smallest absolute Gasteiger partial charge is 0.379 e. The van der Waals surface area contributed by atoms with Gasteiger partial charge in [0.2, 0.25) is 0 Å². The van der Waals surface area contributed by atoms with Crippen LogP contribution >= 0.6 is 0 Å². The molecule has 1 fully saturated rings. The van der Waals surface area contributed by atoms with Gasteiger partial charge in [-0.05, 0) is 30.0 Å². The minimum Gasteiger partial charge on any atom is -0.379 e. The van der Waals surface area contributed by atoms with E-state index in [2.05, 4.69) is 27.4 Å². The van der Waals surface area contributed by atoms with Gasteiger partial charge in [0.15, 0.2) is 5.96 Å². The van der Waals surface area contributed by atoms with Crippen molar-refractivity contribution in [3.8, 4) is 0 Å². The van der Waals surface area contributed by atoms with Crippen molar-refractivity contribution >= 4 is 5.96 Å². The molecule has 152 valence electrons. The highest BCUT2D eigenvalue weighted by atomic mass is 19.4. The van der Waals surface area contributed by atoms with E-state index >= 15 is 0 Å². The number of rotatable bonds is 7. The molecular formula is C19H29F3N4O. The van der Waals surface area contributed by atoms with Crippen LogP contribution in [-0.4, -0.2) is 63.8 Å². The van der Waals surface area contributed by atoms with E-state index in [-0.39, 0.29) is 0 Å². The number of hydrogen-bond acceptors (Lipinski definition) is 3. The number of guanidine groups is 1. The second-order valence-electron chi connectivity index (χ2n) is 6.84. The van der Waals surface area contributed by atoms with E-state index in [1.54, 1.807) is 7.05 Å². The van der Waals surface area contributed by atoms with Gasteiger partial charge in [-0.1, -0.05) is 19.1 Å². The first-order chi connectivity index (χ1) is 12.9. The van der Waals surface area contributed by atoms with Crippen LogP contribution in [0.25, 0.3) is 0 Å². The van der Waals surface area contributed by atoms with Crippen LogP contribution in [-0.2, 0) is 17.3 Å². The molecule has 1 aromatic rings. The molecule has 1 atom stereocenters. The molecular weight excluding hydrogens is 357 g/mol. The predicted molar refractivity (Wildman–Crippen MR) is 101 cm³/mol. The Morgan fingerprint density at radius 2 is 1.85 bits per heavy atom. The maximum absolute atomic E-state index is 12.6. The average Bonchev–Trinajstić information content (AvgIpc) is 2.65. The molecule has 1 unspecified atom stereocenters. The number of aliphatic imine (C=N–C) groups is 1. The monoisotopic (exact) mass is 386 g/mol. The topological polar surface area (TPSA) is 48.9 Å². The molecule has 0 bridgehead atoms. The normalized spacial score (nSPS) is 17.6. The van der Waals surface area contributed by atoms with E-state index in [4.69, 9.17) is 4.74 Å². The molecule has 1 aromatic carbocycles. The van der Waals surface area contributed by atoms with Gasteiger partial charge in [0.05, 0.1) is 18.8 Å². The molecule has 8 heteroatoms. The minimum absolute atomic E-state index is 0.469. The highest BCUT2D eigenvalue weighted by Crippen LogP contribution is 2.29. The van der Waals surface area contributed by atoms with Crippen LogP contribution < -0.4 is 10.6 Å². The molecule has 2 N–H and O–H groups in total. The van der Waals surface area contributed by atoms with Crippen LogP contribution in [0.1, 0.15) is 18.1 Å². The number of benzene rings is 1. The third kappa shape index (κ3) is 7.76. The Hall–Kier alpha value is -1.80. The number of nitrogens with one attached hydrogen (secondary N) is 2. The predicted octanol–water partition coefficient (Wildman–Crippen LogP) is 2.38. The summed E-state index contributed by atoms with van der Waals surface area (Å²) in [5, 5.41) is 6.51. The highest BCUT2D eigenvalue weighted by molar-refractivity contribution is 5.79. The molecule has 0 aliphatic carbocycles. The summed E-state index contributed by atoms with van der Waals surface area (Å²) < 4.78 is 43.1. The van der Waals surface area contributed by atoms with Crippen LogP contribution in [0.2, 0.25) is 0 Å². The second-order valence-corrected chi connectivity index (χ2v) is 6.84. The fraction of sp³-hybridized carbons (Fsp3) is 0.632. The Bertz CT molecular complexity index is 584. The second kappa shape index (κ2) is 10.5. The molecule has 0 radical (unpaired) electrons. The molecule has 0 amide bonds. The van der Waals surface area contributed by atoms with Crippen molar-refractivity contribution in [3.63, 3.8) is 0 Å². The number of ether oxygens (including phenoxy) is 1. The summed E-state index contributed by atoms with van der Waals surface area (Å²) in [7, 11) is 1.71. The number of hydrogen-bond donors (Lipinski definition) is 2. The number of halogens is 3. The molecule has 0 spiro atoms. The van der Waals surface area contributed by atoms with E-state index in [0.29, 0.717) is 24.8 Å². The van der Waals surface area contributed by atoms with Crippen LogP contribution in [0.4, 0.5) is 13.2 Å². The van der Waals surface area contributed by atoms with Gasteiger partial charge in [0, 0.05) is 39.8 Å². The zero-order valence-corrected chi connectivity index (χ0v) is 16.0. The fourth-order valence-electron chi connectivity index (χ4n) is 2.97. The van der Waals surface area contributed by atoms with Crippen molar-refractivity contribution in [3.05, 3.63) is 35.4 Å². The number of alkyl halides is 3. The lowest BCUT2D eigenvalue weighted by Crippen LogP contribution is -2.44. The lowest BCUT2D eigenvalue weighted by Gasteiger charge is -2.29. The molecule has 0 saturated carbocycles. The molecule has 1 saturated heterocycles. The Kier molecular flexibility index (Phi) is 8.37. The van der Waals surface area contributed by atoms with Crippen LogP contribution in [0.3, 0.4) is 0 Å². The van der Waals surface area contributed by atoms with Crippen molar-refractivity contribution in [2.45, 2.75) is 19.5 Å². The van der Waals surface area contributed by atoms with E-state index < -0.39 is 11.7 Å². The van der Waals surface area contributed by atoms with Crippen molar-refractivity contribution in [2.24, 2.45) is 10.9 Å². The standard InChI is InChI=1S/C19H29F3N4O/c1-15(14-26-9-11-27-12-10-26)13-25-18(23-2)24-8-7-16-3-5-17(6-4-16)19(20,21)22/h3-6,15H,7-14H2,1-2H3,(H2,23,24,25). The first-order valence-corrected chi connectivity index (χ1v) is 9.29. The molecule has 1 aliphatic rings. The highest BCUT2D eigenvalue weighted by Gasteiger charge is 2.29. The molecule has 27 heavy (non-hydrogen) atoms. The lowest BCUT2D eigenvalue weighted by molar-refractivity contribution is -0.137. The van der Waals surface area contributed by atoms with Gasteiger partial charge < -0.3 is 15.4 Å². The first-order valence-electron chi connectivity index (χ1n) is 9.29. The van der Waals surface area contributed by atoms with Gasteiger partial charge >= 0.3 is 6.18 Å². The summed E-state index contributed by atoms with van der Waals surface area (Å²) in [6, 6.07) is 5.28. The summed E-state index contributed by atoms with van der Waals surface area (Å²) in [5.41, 5.74) is 0.234. The summed E-state index contributed by atoms with van der Waals surface area (Å²) in [6.45, 7) is 8.16. The summed E-state index contributed by atoms with van der Waals surface area (Å²) in [6.07, 6.45) is -3.66.